The summed E-state index contributed by atoms with van der Waals surface area (Å²) in [6.45, 7) is 4.46. The van der Waals surface area contributed by atoms with E-state index >= 15 is 0 Å². The molecule has 2 heterocycles. The minimum absolute atomic E-state index is 0.0661. The van der Waals surface area contributed by atoms with Gasteiger partial charge in [0.2, 0.25) is 0 Å². The van der Waals surface area contributed by atoms with Gasteiger partial charge >= 0.3 is 5.97 Å². The first-order valence-corrected chi connectivity index (χ1v) is 13.3. The summed E-state index contributed by atoms with van der Waals surface area (Å²) < 4.78 is 30.9. The number of aromatic nitrogens is 2. The van der Waals surface area contributed by atoms with E-state index in [0.717, 1.165) is 11.3 Å². The number of hydrogen-bond acceptors (Lipinski definition) is 7. The molecule has 0 N–H and O–H groups in total. The Balaban J connectivity index is 1.32. The fourth-order valence-corrected chi connectivity index (χ4v) is 4.79. The van der Waals surface area contributed by atoms with E-state index in [9.17, 15) is 14.0 Å². The number of hydrogen-bond donors (Lipinski definition) is 0. The van der Waals surface area contributed by atoms with E-state index in [1.165, 1.54) is 12.1 Å². The van der Waals surface area contributed by atoms with Crippen LogP contribution in [0.5, 0.6) is 11.5 Å². The summed E-state index contributed by atoms with van der Waals surface area (Å²) in [5.74, 6) is 0.195. The Kier molecular flexibility index (Phi) is 8.19. The Morgan fingerprint density at radius 3 is 2.02 bits per heavy atom. The Labute approximate surface area is 237 Å². The highest BCUT2D eigenvalue weighted by Crippen LogP contribution is 2.28. The summed E-state index contributed by atoms with van der Waals surface area (Å²) in [7, 11) is 3.12. The number of ether oxygens (including phenoxy) is 3. The Hall–Kier alpha value is -4.86. The molecule has 0 aliphatic carbocycles. The SMILES string of the molecule is CCOC(=O)c1cc(-c2ccc(N3CCN(C(=O)c4cc(OC)cc(OC)c4)CC3)cc2)n(-c2ccc(F)cc2)n1. The lowest BCUT2D eigenvalue weighted by molar-refractivity contribution is 0.0518. The second-order valence-corrected chi connectivity index (χ2v) is 9.45. The van der Waals surface area contributed by atoms with Crippen LogP contribution in [-0.2, 0) is 4.74 Å². The first kappa shape index (κ1) is 27.7. The van der Waals surface area contributed by atoms with Crippen LogP contribution in [0.25, 0.3) is 16.9 Å². The van der Waals surface area contributed by atoms with Gasteiger partial charge < -0.3 is 24.0 Å². The van der Waals surface area contributed by atoms with Crippen LogP contribution in [0.3, 0.4) is 0 Å². The summed E-state index contributed by atoms with van der Waals surface area (Å²) >= 11 is 0. The van der Waals surface area contributed by atoms with E-state index in [0.29, 0.717) is 54.6 Å². The molecule has 1 fully saturated rings. The molecule has 1 aromatic heterocycles. The molecule has 0 saturated carbocycles. The fourth-order valence-electron chi connectivity index (χ4n) is 4.79. The third-order valence-electron chi connectivity index (χ3n) is 6.96. The molecule has 1 aliphatic rings. The maximum atomic E-state index is 13.6. The van der Waals surface area contributed by atoms with Crippen LogP contribution >= 0.6 is 0 Å². The standard InChI is InChI=1S/C31H31FN4O5/c1-4-41-31(38)28-20-29(36(33-28)25-11-7-23(32)8-12-25)21-5-9-24(10-6-21)34-13-15-35(16-14-34)30(37)22-17-26(39-2)19-27(18-22)40-3/h5-12,17-20H,4,13-16H2,1-3H3. The zero-order chi connectivity index (χ0) is 28.9. The number of anilines is 1. The number of methoxy groups -OCH3 is 2. The Morgan fingerprint density at radius 2 is 1.44 bits per heavy atom. The van der Waals surface area contributed by atoms with Crippen molar-refractivity contribution in [1.29, 1.82) is 0 Å². The predicted molar refractivity (Wildman–Crippen MR) is 153 cm³/mol. The zero-order valence-corrected chi connectivity index (χ0v) is 23.2. The fraction of sp³-hybridized carbons (Fsp3) is 0.258. The van der Waals surface area contributed by atoms with Crippen LogP contribution in [0, 0.1) is 5.82 Å². The van der Waals surface area contributed by atoms with E-state index in [4.69, 9.17) is 14.2 Å². The second kappa shape index (κ2) is 12.1. The third kappa shape index (κ3) is 6.01. The van der Waals surface area contributed by atoms with Gasteiger partial charge in [-0.25, -0.2) is 13.9 Å². The van der Waals surface area contributed by atoms with Crippen LogP contribution in [0.1, 0.15) is 27.8 Å². The van der Waals surface area contributed by atoms with Gasteiger partial charge in [-0.1, -0.05) is 12.1 Å². The molecule has 1 saturated heterocycles. The number of amides is 1. The second-order valence-electron chi connectivity index (χ2n) is 9.45. The van der Waals surface area contributed by atoms with Gasteiger partial charge in [0.15, 0.2) is 5.69 Å². The molecule has 212 valence electrons. The molecule has 0 unspecified atom stereocenters. The number of carbonyl (C=O) groups excluding carboxylic acids is 2. The summed E-state index contributed by atoms with van der Waals surface area (Å²) in [6, 6.07) is 20.7. The van der Waals surface area contributed by atoms with Gasteiger partial charge in [-0.15, -0.1) is 0 Å². The number of esters is 1. The Morgan fingerprint density at radius 1 is 0.829 bits per heavy atom. The minimum atomic E-state index is -0.522. The van der Waals surface area contributed by atoms with Crippen molar-refractivity contribution >= 4 is 17.6 Å². The van der Waals surface area contributed by atoms with E-state index in [-0.39, 0.29) is 24.0 Å². The quantitative estimate of drug-likeness (QED) is 0.286. The average molecular weight is 559 g/mol. The maximum Gasteiger partial charge on any atom is 0.358 e. The number of benzene rings is 3. The molecule has 1 amide bonds. The minimum Gasteiger partial charge on any atom is -0.497 e. The number of halogens is 1. The molecular weight excluding hydrogens is 527 g/mol. The molecule has 0 atom stereocenters. The third-order valence-corrected chi connectivity index (χ3v) is 6.96. The van der Waals surface area contributed by atoms with Gasteiger partial charge in [0.1, 0.15) is 17.3 Å². The summed E-state index contributed by atoms with van der Waals surface area (Å²) in [5.41, 5.74) is 3.85. The van der Waals surface area contributed by atoms with Gasteiger partial charge in [-0.05, 0) is 61.5 Å². The summed E-state index contributed by atoms with van der Waals surface area (Å²) in [5, 5.41) is 4.44. The first-order valence-electron chi connectivity index (χ1n) is 13.3. The van der Waals surface area contributed by atoms with Gasteiger partial charge in [-0.2, -0.15) is 5.10 Å². The highest BCUT2D eigenvalue weighted by Gasteiger charge is 2.24. The van der Waals surface area contributed by atoms with Gasteiger partial charge in [-0.3, -0.25) is 4.79 Å². The highest BCUT2D eigenvalue weighted by molar-refractivity contribution is 5.95. The van der Waals surface area contributed by atoms with E-state index < -0.39 is 5.97 Å². The molecule has 9 nitrogen and oxygen atoms in total. The van der Waals surface area contributed by atoms with Gasteiger partial charge in [0, 0.05) is 49.1 Å². The summed E-state index contributed by atoms with van der Waals surface area (Å²) in [4.78, 5) is 29.6. The molecule has 4 aromatic rings. The molecular formula is C31H31FN4O5. The van der Waals surface area contributed by atoms with Crippen LogP contribution in [0.2, 0.25) is 0 Å². The van der Waals surface area contributed by atoms with Crippen LogP contribution in [0.4, 0.5) is 10.1 Å². The molecule has 1 aliphatic heterocycles. The number of rotatable bonds is 8. The van der Waals surface area contributed by atoms with Crippen molar-refractivity contribution in [1.82, 2.24) is 14.7 Å². The van der Waals surface area contributed by atoms with Gasteiger partial charge in [0.25, 0.3) is 5.91 Å². The lowest BCUT2D eigenvalue weighted by atomic mass is 10.1. The highest BCUT2D eigenvalue weighted by atomic mass is 19.1. The normalized spacial score (nSPS) is 13.2. The lowest BCUT2D eigenvalue weighted by Gasteiger charge is -2.36. The van der Waals surface area contributed by atoms with Crippen LogP contribution in [0.15, 0.2) is 72.8 Å². The van der Waals surface area contributed by atoms with Crippen LogP contribution < -0.4 is 14.4 Å². The van der Waals surface area contributed by atoms with Crippen molar-refractivity contribution in [2.75, 3.05) is 51.9 Å². The lowest BCUT2D eigenvalue weighted by Crippen LogP contribution is -2.48. The van der Waals surface area contributed by atoms with E-state index in [2.05, 4.69) is 10.00 Å². The van der Waals surface area contributed by atoms with Crippen molar-refractivity contribution < 1.29 is 28.2 Å². The number of carbonyl (C=O) groups is 2. The molecule has 0 radical (unpaired) electrons. The predicted octanol–water partition coefficient (Wildman–Crippen LogP) is 4.83. The van der Waals surface area contributed by atoms with E-state index in [1.807, 2.05) is 29.2 Å². The van der Waals surface area contributed by atoms with Crippen molar-refractivity contribution in [2.45, 2.75) is 6.92 Å². The first-order chi connectivity index (χ1) is 19.9. The zero-order valence-electron chi connectivity index (χ0n) is 23.2. The monoisotopic (exact) mass is 558 g/mol. The molecule has 5 rings (SSSR count). The topological polar surface area (TPSA) is 86.1 Å². The van der Waals surface area contributed by atoms with Crippen LogP contribution in [-0.4, -0.2) is 73.6 Å². The van der Waals surface area contributed by atoms with Crippen molar-refractivity contribution in [3.63, 3.8) is 0 Å². The number of nitrogens with zero attached hydrogens (tertiary/aromatic N) is 4. The molecule has 0 bridgehead atoms. The Bertz CT molecular complexity index is 1510. The van der Waals surface area contributed by atoms with Crippen molar-refractivity contribution in [3.05, 3.63) is 89.9 Å². The summed E-state index contributed by atoms with van der Waals surface area (Å²) in [6.07, 6.45) is 0. The smallest absolute Gasteiger partial charge is 0.358 e. The van der Waals surface area contributed by atoms with Crippen molar-refractivity contribution in [3.8, 4) is 28.4 Å². The van der Waals surface area contributed by atoms with E-state index in [1.54, 1.807) is 62.2 Å². The molecule has 10 heteroatoms. The largest absolute Gasteiger partial charge is 0.497 e. The van der Waals surface area contributed by atoms with Crippen molar-refractivity contribution in [2.24, 2.45) is 0 Å². The average Bonchev–Trinajstić information content (AvgIpc) is 3.47. The van der Waals surface area contributed by atoms with Gasteiger partial charge in [0.05, 0.1) is 32.2 Å². The molecule has 3 aromatic carbocycles. The maximum absolute atomic E-state index is 13.6. The molecule has 0 spiro atoms. The number of piperazine rings is 1. The molecule has 41 heavy (non-hydrogen) atoms.